The fourth-order valence-corrected chi connectivity index (χ4v) is 0.287. The van der Waals surface area contributed by atoms with E-state index < -0.39 is 0 Å². The molecule has 0 aliphatic carbocycles. The molecule has 0 atom stereocenters. The van der Waals surface area contributed by atoms with Gasteiger partial charge in [-0.25, -0.2) is 0 Å². The van der Waals surface area contributed by atoms with Crippen LogP contribution < -0.4 is 0 Å². The highest BCUT2D eigenvalue weighted by atomic mass is 32.2. The molecule has 0 saturated heterocycles. The number of rotatable bonds is 3. The normalized spacial score (nSPS) is 8.17. The van der Waals surface area contributed by atoms with Crippen LogP contribution in [-0.4, -0.2) is 12.2 Å². The van der Waals surface area contributed by atoms with Gasteiger partial charge >= 0.3 is 0 Å². The van der Waals surface area contributed by atoms with E-state index in [-0.39, 0.29) is 0 Å². The van der Waals surface area contributed by atoms with Gasteiger partial charge in [-0.05, 0) is 6.92 Å². The lowest BCUT2D eigenvalue weighted by Gasteiger charge is -1.83. The van der Waals surface area contributed by atoms with Crippen LogP contribution in [0, 0.1) is 0 Å². The SMILES string of the molecule is CCOSC=O. The predicted octanol–water partition coefficient (Wildman–Crippen LogP) is 0.861. The maximum absolute atomic E-state index is 9.40. The molecule has 0 rings (SSSR count). The molecule has 3 heteroatoms. The summed E-state index contributed by atoms with van der Waals surface area (Å²) < 4.78 is 4.53. The zero-order valence-electron chi connectivity index (χ0n) is 3.51. The van der Waals surface area contributed by atoms with E-state index in [4.69, 9.17) is 0 Å². The molecule has 0 aliphatic heterocycles. The Morgan fingerprint density at radius 2 is 2.67 bits per heavy atom. The van der Waals surface area contributed by atoms with Gasteiger partial charge < -0.3 is 4.18 Å². The van der Waals surface area contributed by atoms with Gasteiger partial charge in [0.05, 0.1) is 18.6 Å². The van der Waals surface area contributed by atoms with Crippen molar-refractivity contribution < 1.29 is 8.98 Å². The first-order chi connectivity index (χ1) is 2.91. The van der Waals surface area contributed by atoms with Gasteiger partial charge in [0.15, 0.2) is 0 Å². The van der Waals surface area contributed by atoms with Crippen LogP contribution >= 0.6 is 12.0 Å². The van der Waals surface area contributed by atoms with E-state index in [0.29, 0.717) is 12.2 Å². The average molecular weight is 106 g/mol. The molecule has 0 aromatic heterocycles. The Hall–Kier alpha value is -0.0200. The van der Waals surface area contributed by atoms with E-state index in [2.05, 4.69) is 4.18 Å². The molecule has 2 nitrogen and oxygen atoms in total. The highest BCUT2D eigenvalue weighted by Gasteiger charge is 1.73. The second-order valence-corrected chi connectivity index (χ2v) is 1.22. The smallest absolute Gasteiger partial charge is 0.202 e. The molecule has 0 aromatic rings. The summed E-state index contributed by atoms with van der Waals surface area (Å²) in [6, 6.07) is 0. The van der Waals surface area contributed by atoms with Crippen LogP contribution in [0.4, 0.5) is 0 Å². The van der Waals surface area contributed by atoms with E-state index in [1.807, 2.05) is 6.92 Å². The quantitative estimate of drug-likeness (QED) is 0.303. The lowest BCUT2D eigenvalue weighted by molar-refractivity contribution is 0.405. The topological polar surface area (TPSA) is 26.3 Å². The molecule has 0 heterocycles. The molecule has 0 bridgehead atoms. The second-order valence-electron chi connectivity index (χ2n) is 0.599. The van der Waals surface area contributed by atoms with Gasteiger partial charge in [0.1, 0.15) is 0 Å². The van der Waals surface area contributed by atoms with Gasteiger partial charge in [0.25, 0.3) is 0 Å². The Kier molecular flexibility index (Phi) is 4.96. The van der Waals surface area contributed by atoms with Crippen molar-refractivity contribution in [2.75, 3.05) is 6.61 Å². The molecular formula is C3H6O2S. The molecule has 0 fully saturated rings. The van der Waals surface area contributed by atoms with Crippen molar-refractivity contribution >= 4 is 17.7 Å². The number of carbonyl (C=O) groups excluding carboxylic acids is 1. The largest absolute Gasteiger partial charge is 0.308 e. The van der Waals surface area contributed by atoms with Crippen molar-refractivity contribution in [3.63, 3.8) is 0 Å². The third kappa shape index (κ3) is 3.98. The molecule has 6 heavy (non-hydrogen) atoms. The van der Waals surface area contributed by atoms with Crippen LogP contribution in [0.3, 0.4) is 0 Å². The van der Waals surface area contributed by atoms with E-state index in [0.717, 1.165) is 12.0 Å². The van der Waals surface area contributed by atoms with E-state index in [1.165, 1.54) is 0 Å². The minimum Gasteiger partial charge on any atom is -0.308 e. The molecule has 0 saturated carbocycles. The molecule has 0 amide bonds. The molecule has 36 valence electrons. The molecule has 0 N–H and O–H groups in total. The summed E-state index contributed by atoms with van der Waals surface area (Å²) in [4.78, 5) is 9.40. The van der Waals surface area contributed by atoms with E-state index in [1.54, 1.807) is 0 Å². The third-order valence-corrected chi connectivity index (χ3v) is 0.676. The summed E-state index contributed by atoms with van der Waals surface area (Å²) in [5.74, 6) is 0. The number of hydrogen-bond donors (Lipinski definition) is 0. The van der Waals surface area contributed by atoms with Crippen molar-refractivity contribution in [1.29, 1.82) is 0 Å². The summed E-state index contributed by atoms with van der Waals surface area (Å²) >= 11 is 0.828. The van der Waals surface area contributed by atoms with Gasteiger partial charge in [-0.2, -0.15) is 0 Å². The molecular weight excluding hydrogens is 100 g/mol. The summed E-state index contributed by atoms with van der Waals surface area (Å²) in [6.45, 7) is 2.42. The van der Waals surface area contributed by atoms with Crippen LogP contribution in [0.1, 0.15) is 6.92 Å². The Bertz CT molecular complexity index is 37.8. The standard InChI is InChI=1S/C3H6O2S/c1-2-5-6-3-4/h3H,2H2,1H3. The predicted molar refractivity (Wildman–Crippen MR) is 26.0 cm³/mol. The lowest BCUT2D eigenvalue weighted by atomic mass is 10.9. The lowest BCUT2D eigenvalue weighted by Crippen LogP contribution is -1.73. The maximum Gasteiger partial charge on any atom is 0.202 e. The van der Waals surface area contributed by atoms with Crippen LogP contribution in [0.2, 0.25) is 0 Å². The number of hydrogen-bond acceptors (Lipinski definition) is 3. The Balaban J connectivity index is 2.49. The van der Waals surface area contributed by atoms with E-state index in [9.17, 15) is 4.79 Å². The van der Waals surface area contributed by atoms with Gasteiger partial charge in [0, 0.05) is 0 Å². The molecule has 0 radical (unpaired) electrons. The van der Waals surface area contributed by atoms with Crippen LogP contribution in [0.15, 0.2) is 0 Å². The van der Waals surface area contributed by atoms with Gasteiger partial charge in [-0.3, -0.25) is 4.79 Å². The Morgan fingerprint density at radius 3 is 2.83 bits per heavy atom. The molecule has 0 spiro atoms. The van der Waals surface area contributed by atoms with Crippen molar-refractivity contribution in [2.24, 2.45) is 0 Å². The van der Waals surface area contributed by atoms with Crippen LogP contribution in [0.25, 0.3) is 0 Å². The fraction of sp³-hybridized carbons (Fsp3) is 0.667. The van der Waals surface area contributed by atoms with Gasteiger partial charge in [0.2, 0.25) is 5.62 Å². The first kappa shape index (κ1) is 5.98. The minimum atomic E-state index is 0.587. The highest BCUT2D eigenvalue weighted by Crippen LogP contribution is 1.91. The molecule has 0 aliphatic rings. The third-order valence-electron chi connectivity index (χ3n) is 0.225. The monoisotopic (exact) mass is 106 g/mol. The van der Waals surface area contributed by atoms with Crippen molar-refractivity contribution in [2.45, 2.75) is 6.92 Å². The first-order valence-electron chi connectivity index (χ1n) is 1.63. The fourth-order valence-electron chi connectivity index (χ4n) is 0.0958. The van der Waals surface area contributed by atoms with Crippen molar-refractivity contribution in [1.82, 2.24) is 0 Å². The maximum atomic E-state index is 9.40. The van der Waals surface area contributed by atoms with E-state index >= 15 is 0 Å². The summed E-state index contributed by atoms with van der Waals surface area (Å²) in [5.41, 5.74) is 0.656. The summed E-state index contributed by atoms with van der Waals surface area (Å²) in [5, 5.41) is 0. The Labute approximate surface area is 41.1 Å². The highest BCUT2D eigenvalue weighted by molar-refractivity contribution is 8.07. The van der Waals surface area contributed by atoms with Crippen molar-refractivity contribution in [3.05, 3.63) is 0 Å². The van der Waals surface area contributed by atoms with Gasteiger partial charge in [-0.1, -0.05) is 0 Å². The van der Waals surface area contributed by atoms with Crippen LogP contribution in [0.5, 0.6) is 0 Å². The average Bonchev–Trinajstić information content (AvgIpc) is 1.61. The summed E-state index contributed by atoms with van der Waals surface area (Å²) in [6.07, 6.45) is 0. The minimum absolute atomic E-state index is 0.587. The molecule has 0 unspecified atom stereocenters. The zero-order chi connectivity index (χ0) is 4.83. The van der Waals surface area contributed by atoms with Gasteiger partial charge in [-0.15, -0.1) is 0 Å². The number of carbonyl (C=O) groups is 1. The first-order valence-corrected chi connectivity index (χ1v) is 2.44. The zero-order valence-corrected chi connectivity index (χ0v) is 4.33. The molecule has 0 aromatic carbocycles. The second kappa shape index (κ2) is 4.98. The summed E-state index contributed by atoms with van der Waals surface area (Å²) in [7, 11) is 0. The van der Waals surface area contributed by atoms with Crippen LogP contribution in [-0.2, 0) is 8.98 Å². The Morgan fingerprint density at radius 1 is 2.00 bits per heavy atom. The van der Waals surface area contributed by atoms with Crippen molar-refractivity contribution in [3.8, 4) is 0 Å².